The van der Waals surface area contributed by atoms with Crippen molar-refractivity contribution in [2.45, 2.75) is 90.3 Å². The molecule has 1 heterocycles. The van der Waals surface area contributed by atoms with E-state index in [1.807, 2.05) is 0 Å². The second-order valence-corrected chi connectivity index (χ2v) is 5.86. The van der Waals surface area contributed by atoms with Crippen LogP contribution in [0.25, 0.3) is 0 Å². The first-order valence-electron chi connectivity index (χ1n) is 8.05. The van der Waals surface area contributed by atoms with Gasteiger partial charge in [-0.1, -0.05) is 58.3 Å². The van der Waals surface area contributed by atoms with Crippen molar-refractivity contribution < 1.29 is 9.84 Å². The fraction of sp³-hybridized carbons (Fsp3) is 1.00. The van der Waals surface area contributed by atoms with E-state index in [1.165, 1.54) is 51.4 Å². The van der Waals surface area contributed by atoms with Crippen LogP contribution in [-0.2, 0) is 4.74 Å². The van der Waals surface area contributed by atoms with Crippen LogP contribution in [-0.4, -0.2) is 23.9 Å². The molecule has 1 aliphatic rings. The van der Waals surface area contributed by atoms with Crippen LogP contribution in [0, 0.1) is 5.92 Å². The van der Waals surface area contributed by atoms with Crippen molar-refractivity contribution in [3.8, 4) is 0 Å². The molecule has 1 aliphatic heterocycles. The standard InChI is InChI=1S/C16H32O2/c1-3-4-5-6-7-8-9-10-11-16(17)15-12-13-18-14(15)2/h14-17H,3-13H2,1-2H3. The van der Waals surface area contributed by atoms with Gasteiger partial charge in [0.1, 0.15) is 0 Å². The first-order valence-corrected chi connectivity index (χ1v) is 8.05. The molecule has 1 saturated heterocycles. The monoisotopic (exact) mass is 256 g/mol. The van der Waals surface area contributed by atoms with Crippen LogP contribution in [0.4, 0.5) is 0 Å². The summed E-state index contributed by atoms with van der Waals surface area (Å²) in [4.78, 5) is 0. The highest BCUT2D eigenvalue weighted by Crippen LogP contribution is 2.26. The van der Waals surface area contributed by atoms with Crippen molar-refractivity contribution >= 4 is 0 Å². The Kier molecular flexibility index (Phi) is 8.70. The summed E-state index contributed by atoms with van der Waals surface area (Å²) in [6.45, 7) is 5.18. The number of unbranched alkanes of at least 4 members (excludes halogenated alkanes) is 7. The summed E-state index contributed by atoms with van der Waals surface area (Å²) in [7, 11) is 0. The second kappa shape index (κ2) is 9.80. The molecule has 1 fully saturated rings. The number of hydrogen-bond acceptors (Lipinski definition) is 2. The van der Waals surface area contributed by atoms with E-state index in [0.717, 1.165) is 19.4 Å². The molecule has 0 bridgehead atoms. The van der Waals surface area contributed by atoms with E-state index in [1.54, 1.807) is 0 Å². The Balaban J connectivity index is 1.91. The van der Waals surface area contributed by atoms with Crippen LogP contribution < -0.4 is 0 Å². The number of rotatable bonds is 10. The molecular formula is C16H32O2. The molecule has 3 unspecified atom stereocenters. The van der Waals surface area contributed by atoms with Crippen molar-refractivity contribution in [2.24, 2.45) is 5.92 Å². The summed E-state index contributed by atoms with van der Waals surface area (Å²) in [6.07, 6.45) is 12.8. The second-order valence-electron chi connectivity index (χ2n) is 5.86. The van der Waals surface area contributed by atoms with Crippen LogP contribution >= 0.6 is 0 Å². The van der Waals surface area contributed by atoms with Gasteiger partial charge in [-0.3, -0.25) is 0 Å². The molecule has 0 saturated carbocycles. The fourth-order valence-corrected chi connectivity index (χ4v) is 2.95. The van der Waals surface area contributed by atoms with Gasteiger partial charge < -0.3 is 9.84 Å². The maximum atomic E-state index is 10.1. The maximum Gasteiger partial charge on any atom is 0.0600 e. The van der Waals surface area contributed by atoms with Gasteiger partial charge in [0.25, 0.3) is 0 Å². The molecule has 3 atom stereocenters. The molecule has 0 spiro atoms. The zero-order valence-electron chi connectivity index (χ0n) is 12.4. The van der Waals surface area contributed by atoms with E-state index >= 15 is 0 Å². The Morgan fingerprint density at radius 3 is 2.22 bits per heavy atom. The Bertz CT molecular complexity index is 194. The summed E-state index contributed by atoms with van der Waals surface area (Å²) < 4.78 is 5.51. The highest BCUT2D eigenvalue weighted by molar-refractivity contribution is 4.79. The molecule has 2 nitrogen and oxygen atoms in total. The van der Waals surface area contributed by atoms with Crippen molar-refractivity contribution in [3.05, 3.63) is 0 Å². The lowest BCUT2D eigenvalue weighted by atomic mass is 9.92. The van der Waals surface area contributed by atoms with E-state index in [4.69, 9.17) is 4.74 Å². The lowest BCUT2D eigenvalue weighted by molar-refractivity contribution is 0.0383. The fourth-order valence-electron chi connectivity index (χ4n) is 2.95. The Labute approximate surface area is 113 Å². The lowest BCUT2D eigenvalue weighted by Gasteiger charge is -2.20. The summed E-state index contributed by atoms with van der Waals surface area (Å²) in [5, 5.41) is 10.1. The van der Waals surface area contributed by atoms with Gasteiger partial charge in [-0.05, 0) is 19.8 Å². The number of hydrogen-bond donors (Lipinski definition) is 1. The van der Waals surface area contributed by atoms with Crippen molar-refractivity contribution in [2.75, 3.05) is 6.61 Å². The third-order valence-electron chi connectivity index (χ3n) is 4.28. The zero-order chi connectivity index (χ0) is 13.2. The molecule has 0 radical (unpaired) electrons. The van der Waals surface area contributed by atoms with Crippen LogP contribution in [0.15, 0.2) is 0 Å². The molecule has 0 aromatic heterocycles. The van der Waals surface area contributed by atoms with Crippen molar-refractivity contribution in [3.63, 3.8) is 0 Å². The topological polar surface area (TPSA) is 29.5 Å². The van der Waals surface area contributed by atoms with Gasteiger partial charge in [-0.2, -0.15) is 0 Å². The summed E-state index contributed by atoms with van der Waals surface area (Å²) >= 11 is 0. The molecule has 2 heteroatoms. The van der Waals surface area contributed by atoms with Gasteiger partial charge in [0.2, 0.25) is 0 Å². The van der Waals surface area contributed by atoms with E-state index in [-0.39, 0.29) is 12.2 Å². The average molecular weight is 256 g/mol. The third-order valence-corrected chi connectivity index (χ3v) is 4.28. The van der Waals surface area contributed by atoms with Gasteiger partial charge in [-0.25, -0.2) is 0 Å². The largest absolute Gasteiger partial charge is 0.393 e. The highest BCUT2D eigenvalue weighted by Gasteiger charge is 2.30. The normalized spacial score (nSPS) is 25.5. The molecule has 0 aromatic carbocycles. The van der Waals surface area contributed by atoms with Crippen LogP contribution in [0.2, 0.25) is 0 Å². The van der Waals surface area contributed by atoms with Crippen molar-refractivity contribution in [1.82, 2.24) is 0 Å². The first kappa shape index (κ1) is 16.0. The molecule has 108 valence electrons. The SMILES string of the molecule is CCCCCCCCCCC(O)C1CCOC1C. The summed E-state index contributed by atoms with van der Waals surface area (Å²) in [5.74, 6) is 0.384. The maximum absolute atomic E-state index is 10.1. The minimum absolute atomic E-state index is 0.136. The van der Waals surface area contributed by atoms with Gasteiger partial charge >= 0.3 is 0 Å². The van der Waals surface area contributed by atoms with Crippen LogP contribution in [0.3, 0.4) is 0 Å². The van der Waals surface area contributed by atoms with E-state index in [2.05, 4.69) is 13.8 Å². The number of aliphatic hydroxyl groups excluding tert-OH is 1. The third kappa shape index (κ3) is 6.19. The lowest BCUT2D eigenvalue weighted by Crippen LogP contribution is -2.26. The minimum atomic E-state index is -0.136. The smallest absolute Gasteiger partial charge is 0.0600 e. The van der Waals surface area contributed by atoms with Crippen LogP contribution in [0.1, 0.15) is 78.1 Å². The molecular weight excluding hydrogens is 224 g/mol. The molecule has 1 rings (SSSR count). The zero-order valence-corrected chi connectivity index (χ0v) is 12.4. The van der Waals surface area contributed by atoms with Crippen LogP contribution in [0.5, 0.6) is 0 Å². The Morgan fingerprint density at radius 1 is 1.06 bits per heavy atom. The number of ether oxygens (including phenoxy) is 1. The molecule has 1 N–H and O–H groups in total. The average Bonchev–Trinajstić information content (AvgIpc) is 2.79. The summed E-state index contributed by atoms with van der Waals surface area (Å²) in [5.41, 5.74) is 0. The molecule has 0 aliphatic carbocycles. The number of aliphatic hydroxyl groups is 1. The van der Waals surface area contributed by atoms with Crippen molar-refractivity contribution in [1.29, 1.82) is 0 Å². The predicted octanol–water partition coefficient (Wildman–Crippen LogP) is 4.30. The summed E-state index contributed by atoms with van der Waals surface area (Å²) in [6, 6.07) is 0. The van der Waals surface area contributed by atoms with Gasteiger partial charge in [0.05, 0.1) is 12.2 Å². The Hall–Kier alpha value is -0.0800. The first-order chi connectivity index (χ1) is 8.75. The Morgan fingerprint density at radius 2 is 1.67 bits per heavy atom. The highest BCUT2D eigenvalue weighted by atomic mass is 16.5. The molecule has 18 heavy (non-hydrogen) atoms. The van der Waals surface area contributed by atoms with E-state index in [9.17, 15) is 5.11 Å². The van der Waals surface area contributed by atoms with Gasteiger partial charge in [0, 0.05) is 12.5 Å². The molecule has 0 amide bonds. The minimum Gasteiger partial charge on any atom is -0.393 e. The van der Waals surface area contributed by atoms with E-state index in [0.29, 0.717) is 5.92 Å². The quantitative estimate of drug-likeness (QED) is 0.590. The van der Waals surface area contributed by atoms with Gasteiger partial charge in [0.15, 0.2) is 0 Å². The predicted molar refractivity (Wildman–Crippen MR) is 76.8 cm³/mol. The van der Waals surface area contributed by atoms with E-state index < -0.39 is 0 Å². The van der Waals surface area contributed by atoms with Gasteiger partial charge in [-0.15, -0.1) is 0 Å². The molecule has 0 aromatic rings.